The smallest absolute Gasteiger partial charge is 0.377 e. The molecular formula is C14H24Br5NO4Si. The van der Waals surface area contributed by atoms with Crippen LogP contribution in [0.25, 0.3) is 0 Å². The minimum atomic E-state index is -2.31. The molecule has 0 saturated heterocycles. The monoisotopic (exact) mass is 693 g/mol. The quantitative estimate of drug-likeness (QED) is 0.290. The molecule has 0 bridgehead atoms. The number of nitrogens with zero attached hydrogens (tertiary/aromatic N) is 1. The second-order valence-corrected chi connectivity index (χ2v) is 13.2. The molecule has 0 spiro atoms. The number of aliphatic hydroxyl groups is 1. The molecule has 1 rings (SSSR count). The van der Waals surface area contributed by atoms with Crippen LogP contribution in [0.4, 0.5) is 0 Å². The van der Waals surface area contributed by atoms with E-state index in [4.69, 9.17) is 13.3 Å². The molecular weight excluding hydrogens is 674 g/mol. The molecule has 0 aliphatic heterocycles. The van der Waals surface area contributed by atoms with Gasteiger partial charge in [0, 0.05) is 47.2 Å². The Morgan fingerprint density at radius 1 is 1.04 bits per heavy atom. The van der Waals surface area contributed by atoms with E-state index in [0.717, 1.165) is 32.5 Å². The van der Waals surface area contributed by atoms with E-state index in [-0.39, 0.29) is 0 Å². The minimum Gasteiger partial charge on any atom is -0.377 e. The summed E-state index contributed by atoms with van der Waals surface area (Å²) in [5, 5.41) is 9.80. The first-order valence-corrected chi connectivity index (χ1v) is 13.2. The average Bonchev–Trinajstić information content (AvgIpc) is 2.56. The zero-order valence-electron chi connectivity index (χ0n) is 14.8. The fraction of sp³-hybridized carbons (Fsp3) is 0.714. The van der Waals surface area contributed by atoms with E-state index in [1.165, 1.54) is 0 Å². The molecule has 0 radical (unpaired) electrons. The maximum atomic E-state index is 9.80. The van der Waals surface area contributed by atoms with Crippen LogP contribution < -0.4 is 0 Å². The Labute approximate surface area is 193 Å². The van der Waals surface area contributed by atoms with Gasteiger partial charge in [0.1, 0.15) is 0 Å². The van der Waals surface area contributed by atoms with Gasteiger partial charge in [0.15, 0.2) is 4.51 Å². The van der Waals surface area contributed by atoms with Gasteiger partial charge in [0.25, 0.3) is 0 Å². The van der Waals surface area contributed by atoms with Crippen LogP contribution in [0.5, 0.6) is 0 Å². The molecule has 0 aromatic heterocycles. The highest BCUT2D eigenvalue weighted by Gasteiger charge is 2.37. The molecule has 1 aliphatic carbocycles. The van der Waals surface area contributed by atoms with Crippen molar-refractivity contribution in [2.45, 2.75) is 23.4 Å². The van der Waals surface area contributed by atoms with Crippen LogP contribution in [-0.4, -0.2) is 65.3 Å². The highest BCUT2D eigenvalue weighted by atomic mass is 79.9. The molecule has 1 N–H and O–H groups in total. The first kappa shape index (κ1) is 26.9. The van der Waals surface area contributed by atoms with E-state index < -0.39 is 13.3 Å². The van der Waals surface area contributed by atoms with E-state index in [1.54, 1.807) is 21.3 Å². The van der Waals surface area contributed by atoms with Crippen molar-refractivity contribution < 1.29 is 18.4 Å². The number of alkyl halides is 1. The summed E-state index contributed by atoms with van der Waals surface area (Å²) in [4.78, 5) is 2.14. The average molecular weight is 698 g/mol. The van der Waals surface area contributed by atoms with Crippen molar-refractivity contribution in [3.8, 4) is 0 Å². The summed E-state index contributed by atoms with van der Waals surface area (Å²) >= 11 is 16.6. The third-order valence-corrected chi connectivity index (χ3v) is 12.4. The predicted molar refractivity (Wildman–Crippen MR) is 123 cm³/mol. The maximum Gasteiger partial charge on any atom is 0.500 e. The van der Waals surface area contributed by atoms with Crippen LogP contribution in [0, 0.1) is 0 Å². The van der Waals surface area contributed by atoms with Gasteiger partial charge in [0.05, 0.1) is 4.48 Å². The summed E-state index contributed by atoms with van der Waals surface area (Å²) in [6, 6.07) is 0.870. The lowest BCUT2D eigenvalue weighted by Gasteiger charge is -2.26. The van der Waals surface area contributed by atoms with Crippen LogP contribution >= 0.6 is 79.6 Å². The second kappa shape index (κ2) is 12.5. The Bertz CT molecular complexity index is 487. The van der Waals surface area contributed by atoms with Gasteiger partial charge in [-0.1, -0.05) is 31.9 Å². The first-order valence-electron chi connectivity index (χ1n) is 7.28. The Hall–Kier alpha value is 1.90. The number of hydrogen-bond acceptors (Lipinski definition) is 5. The number of halogens is 5. The van der Waals surface area contributed by atoms with Gasteiger partial charge in [-0.15, -0.1) is 0 Å². The molecule has 1 unspecified atom stereocenters. The summed E-state index contributed by atoms with van der Waals surface area (Å²) in [5.74, 6) is 0. The Balaban J connectivity index is 0.000000462. The Morgan fingerprint density at radius 3 is 1.92 bits per heavy atom. The lowest BCUT2D eigenvalue weighted by molar-refractivity contribution is 0.122. The van der Waals surface area contributed by atoms with Crippen molar-refractivity contribution in [3.05, 3.63) is 17.9 Å². The van der Waals surface area contributed by atoms with Crippen LogP contribution in [-0.2, 0) is 13.3 Å². The summed E-state index contributed by atoms with van der Waals surface area (Å²) in [7, 11) is 6.73. The van der Waals surface area contributed by atoms with Crippen molar-refractivity contribution in [2.75, 3.05) is 42.0 Å². The Morgan fingerprint density at radius 2 is 1.52 bits per heavy atom. The molecule has 0 amide bonds. The Kier molecular flexibility index (Phi) is 13.4. The summed E-state index contributed by atoms with van der Waals surface area (Å²) < 4.78 is 18.2. The van der Waals surface area contributed by atoms with E-state index in [2.05, 4.69) is 98.6 Å². The molecule has 148 valence electrons. The van der Waals surface area contributed by atoms with Crippen LogP contribution in [0.15, 0.2) is 17.9 Å². The van der Waals surface area contributed by atoms with Crippen molar-refractivity contribution in [1.29, 1.82) is 0 Å². The van der Waals surface area contributed by atoms with Gasteiger partial charge < -0.3 is 23.3 Å². The highest BCUT2D eigenvalue weighted by molar-refractivity contribution is 9.17. The zero-order valence-corrected chi connectivity index (χ0v) is 23.8. The van der Waals surface area contributed by atoms with Crippen LogP contribution in [0.1, 0.15) is 12.8 Å². The van der Waals surface area contributed by atoms with Gasteiger partial charge in [-0.05, 0) is 74.9 Å². The van der Waals surface area contributed by atoms with Crippen molar-refractivity contribution in [2.24, 2.45) is 0 Å². The molecule has 5 nitrogen and oxygen atoms in total. The van der Waals surface area contributed by atoms with E-state index >= 15 is 0 Å². The van der Waals surface area contributed by atoms with E-state index in [0.29, 0.717) is 10.9 Å². The van der Waals surface area contributed by atoms with Crippen molar-refractivity contribution in [1.82, 2.24) is 4.90 Å². The summed E-state index contributed by atoms with van der Waals surface area (Å²) in [6.07, 6.45) is 1.53. The normalized spacial score (nSPS) is 21.6. The maximum absolute atomic E-state index is 9.80. The molecule has 1 atom stereocenters. The fourth-order valence-electron chi connectivity index (χ4n) is 1.91. The van der Waals surface area contributed by atoms with E-state index in [9.17, 15) is 5.11 Å². The predicted octanol–water partition coefficient (Wildman–Crippen LogP) is 5.29. The molecule has 0 heterocycles. The minimum absolute atomic E-state index is 0.489. The summed E-state index contributed by atoms with van der Waals surface area (Å²) in [5.41, 5.74) is 0. The van der Waals surface area contributed by atoms with E-state index in [1.807, 2.05) is 0 Å². The molecule has 1 aliphatic rings. The second-order valence-electron chi connectivity index (χ2n) is 5.49. The molecule has 0 aromatic carbocycles. The lowest BCUT2D eigenvalue weighted by Crippen LogP contribution is -2.43. The van der Waals surface area contributed by atoms with Crippen LogP contribution in [0.2, 0.25) is 6.04 Å². The van der Waals surface area contributed by atoms with Crippen LogP contribution in [0.3, 0.4) is 0 Å². The van der Waals surface area contributed by atoms with Gasteiger partial charge in [0.2, 0.25) is 0 Å². The molecule has 0 fully saturated rings. The standard InChI is InChI=1S/C8H21NO3Si.C6H3Br5O/c1-9(2)7-6-8-13(10-3,11-4)12-5;7-2-1-6(11,12)5(10)4(9)3(2)8/h6-8H2,1-5H3;12H,1H2. The van der Waals surface area contributed by atoms with Gasteiger partial charge >= 0.3 is 8.80 Å². The highest BCUT2D eigenvalue weighted by Crippen LogP contribution is 2.49. The molecule has 25 heavy (non-hydrogen) atoms. The third kappa shape index (κ3) is 8.84. The van der Waals surface area contributed by atoms with Crippen molar-refractivity contribution >= 4 is 88.5 Å². The van der Waals surface area contributed by atoms with Gasteiger partial charge in [-0.25, -0.2) is 0 Å². The topological polar surface area (TPSA) is 51.2 Å². The number of hydrogen-bond donors (Lipinski definition) is 1. The fourth-order valence-corrected chi connectivity index (χ4v) is 7.12. The molecule has 11 heteroatoms. The lowest BCUT2D eigenvalue weighted by atomic mass is 10.1. The molecule has 0 aromatic rings. The van der Waals surface area contributed by atoms with Gasteiger partial charge in [-0.3, -0.25) is 0 Å². The largest absolute Gasteiger partial charge is 0.500 e. The van der Waals surface area contributed by atoms with Crippen molar-refractivity contribution in [3.63, 3.8) is 0 Å². The van der Waals surface area contributed by atoms with Gasteiger partial charge in [-0.2, -0.15) is 0 Å². The number of allylic oxidation sites excluding steroid dienone is 2. The number of rotatable bonds is 7. The molecule has 0 saturated carbocycles. The zero-order chi connectivity index (χ0) is 19.8. The summed E-state index contributed by atoms with van der Waals surface area (Å²) in [6.45, 7) is 1.03. The SMILES string of the molecule is CO[Si](CCCN(C)C)(OC)OC.OC1(Br)CC(Br)=C(Br)C(Br)=C1Br. The first-order chi connectivity index (χ1) is 11.5. The third-order valence-electron chi connectivity index (χ3n) is 3.37.